The smallest absolute Gasteiger partial charge is 0.168 e. The van der Waals surface area contributed by atoms with Crippen molar-refractivity contribution in [1.82, 2.24) is 4.98 Å². The van der Waals surface area contributed by atoms with E-state index in [2.05, 4.69) is 17.1 Å². The van der Waals surface area contributed by atoms with Crippen LogP contribution in [0.25, 0.3) is 10.9 Å². The van der Waals surface area contributed by atoms with Crippen LogP contribution in [0.1, 0.15) is 23.2 Å². The van der Waals surface area contributed by atoms with Gasteiger partial charge in [-0.05, 0) is 36.8 Å². The molecule has 2 heteroatoms. The minimum atomic E-state index is 0.169. The molecule has 1 saturated carbocycles. The van der Waals surface area contributed by atoms with Gasteiger partial charge in [-0.3, -0.25) is 9.78 Å². The van der Waals surface area contributed by atoms with Crippen molar-refractivity contribution < 1.29 is 4.79 Å². The number of allylic oxidation sites excluding steroid dienone is 2. The quantitative estimate of drug-likeness (QED) is 0.601. The zero-order valence-corrected chi connectivity index (χ0v) is 10.6. The number of carbonyl (C=O) groups is 1. The Bertz CT molecular complexity index is 683. The van der Waals surface area contributed by atoms with Crippen LogP contribution < -0.4 is 0 Å². The van der Waals surface area contributed by atoms with Gasteiger partial charge in [0, 0.05) is 23.1 Å². The number of Topliss-reactive ketones (excluding diaryl/α,β-unsaturated/α-hetero) is 1. The average Bonchev–Trinajstić information content (AvgIpc) is 3.08. The van der Waals surface area contributed by atoms with Gasteiger partial charge in [-0.2, -0.15) is 0 Å². The number of nitrogens with zero attached hydrogens (tertiary/aromatic N) is 1. The molecule has 2 aliphatic rings. The number of rotatable bonds is 2. The highest BCUT2D eigenvalue weighted by molar-refractivity contribution is 6.08. The van der Waals surface area contributed by atoms with E-state index in [9.17, 15) is 4.79 Å². The highest BCUT2D eigenvalue weighted by Crippen LogP contribution is 2.45. The normalized spacial score (nSPS) is 28.1. The van der Waals surface area contributed by atoms with E-state index in [1.165, 1.54) is 0 Å². The Hall–Kier alpha value is -1.96. The Morgan fingerprint density at radius 1 is 1.11 bits per heavy atom. The Balaban J connectivity index is 1.78. The molecule has 3 atom stereocenters. The molecule has 1 aromatic carbocycles. The molecule has 0 unspecified atom stereocenters. The van der Waals surface area contributed by atoms with Crippen LogP contribution in [-0.4, -0.2) is 10.8 Å². The molecule has 1 fully saturated rings. The third-order valence-corrected chi connectivity index (χ3v) is 4.51. The van der Waals surface area contributed by atoms with Crippen molar-refractivity contribution in [3.8, 4) is 0 Å². The van der Waals surface area contributed by atoms with Gasteiger partial charge in [0.15, 0.2) is 5.78 Å². The molecule has 2 aromatic rings. The zero-order chi connectivity index (χ0) is 12.8. The summed E-state index contributed by atoms with van der Waals surface area (Å²) in [7, 11) is 0. The molecule has 4 rings (SSSR count). The fraction of sp³-hybridized carbons (Fsp3) is 0.294. The molecule has 0 radical (unpaired) electrons. The van der Waals surface area contributed by atoms with Crippen molar-refractivity contribution in [3.05, 3.63) is 54.2 Å². The molecule has 2 bridgehead atoms. The predicted octanol–water partition coefficient (Wildman–Crippen LogP) is 3.63. The lowest BCUT2D eigenvalue weighted by Crippen LogP contribution is -2.19. The fourth-order valence-corrected chi connectivity index (χ4v) is 3.58. The second kappa shape index (κ2) is 4.02. The van der Waals surface area contributed by atoms with Gasteiger partial charge in [0.25, 0.3) is 0 Å². The molecular formula is C17H15NO. The molecular weight excluding hydrogens is 234 g/mol. The van der Waals surface area contributed by atoms with Crippen LogP contribution >= 0.6 is 0 Å². The maximum Gasteiger partial charge on any atom is 0.168 e. The second-order valence-corrected chi connectivity index (χ2v) is 5.63. The number of carbonyl (C=O) groups excluding carboxylic acids is 1. The summed E-state index contributed by atoms with van der Waals surface area (Å²) in [5.74, 6) is 1.53. The van der Waals surface area contributed by atoms with Gasteiger partial charge in [-0.15, -0.1) is 0 Å². The van der Waals surface area contributed by atoms with Gasteiger partial charge in [0.1, 0.15) is 0 Å². The fourth-order valence-electron chi connectivity index (χ4n) is 3.58. The van der Waals surface area contributed by atoms with E-state index >= 15 is 0 Å². The Kier molecular flexibility index (Phi) is 2.31. The first-order chi connectivity index (χ1) is 9.33. The predicted molar refractivity (Wildman–Crippen MR) is 74.9 cm³/mol. The van der Waals surface area contributed by atoms with Crippen LogP contribution in [0.5, 0.6) is 0 Å². The summed E-state index contributed by atoms with van der Waals surface area (Å²) < 4.78 is 0. The highest BCUT2D eigenvalue weighted by atomic mass is 16.1. The minimum Gasteiger partial charge on any atom is -0.294 e. The number of hydrogen-bond acceptors (Lipinski definition) is 2. The Morgan fingerprint density at radius 3 is 2.79 bits per heavy atom. The van der Waals surface area contributed by atoms with Gasteiger partial charge in [-0.25, -0.2) is 0 Å². The number of aromatic nitrogens is 1. The zero-order valence-electron chi connectivity index (χ0n) is 10.6. The van der Waals surface area contributed by atoms with Crippen LogP contribution in [0.2, 0.25) is 0 Å². The maximum atomic E-state index is 12.8. The molecule has 1 heterocycles. The number of pyridine rings is 1. The van der Waals surface area contributed by atoms with E-state index < -0.39 is 0 Å². The van der Waals surface area contributed by atoms with Crippen LogP contribution in [-0.2, 0) is 0 Å². The molecule has 0 amide bonds. The number of fused-ring (bicyclic) bond motifs is 3. The molecule has 0 N–H and O–H groups in total. The Labute approximate surface area is 112 Å². The SMILES string of the molecule is O=C(c1cccc2cccnc12)[C@@H]1C[C@H]2C=C[C@@H]1C2. The summed E-state index contributed by atoms with van der Waals surface area (Å²) in [6.45, 7) is 0. The van der Waals surface area contributed by atoms with Crippen LogP contribution in [0.3, 0.4) is 0 Å². The molecule has 0 aliphatic heterocycles. The summed E-state index contributed by atoms with van der Waals surface area (Å²) in [5.41, 5.74) is 1.64. The number of hydrogen-bond donors (Lipinski definition) is 0. The van der Waals surface area contributed by atoms with E-state index in [1.54, 1.807) is 6.20 Å². The lowest BCUT2D eigenvalue weighted by atomic mass is 9.86. The average molecular weight is 249 g/mol. The van der Waals surface area contributed by atoms with Crippen molar-refractivity contribution in [2.45, 2.75) is 12.8 Å². The molecule has 1 aromatic heterocycles. The molecule has 0 saturated heterocycles. The Morgan fingerprint density at radius 2 is 2.00 bits per heavy atom. The molecule has 94 valence electrons. The van der Waals surface area contributed by atoms with E-state index in [0.717, 1.165) is 29.3 Å². The molecule has 2 nitrogen and oxygen atoms in total. The van der Waals surface area contributed by atoms with Gasteiger partial charge in [0.2, 0.25) is 0 Å². The summed E-state index contributed by atoms with van der Waals surface area (Å²) in [6.07, 6.45) is 8.45. The van der Waals surface area contributed by atoms with Crippen molar-refractivity contribution in [2.75, 3.05) is 0 Å². The maximum absolute atomic E-state index is 12.8. The third kappa shape index (κ3) is 1.63. The van der Waals surface area contributed by atoms with E-state index in [1.807, 2.05) is 30.3 Å². The van der Waals surface area contributed by atoms with E-state index in [0.29, 0.717) is 11.8 Å². The highest BCUT2D eigenvalue weighted by Gasteiger charge is 2.40. The van der Waals surface area contributed by atoms with Gasteiger partial charge in [-0.1, -0.05) is 30.4 Å². The summed E-state index contributed by atoms with van der Waals surface area (Å²) >= 11 is 0. The molecule has 0 spiro atoms. The number of benzene rings is 1. The first-order valence-corrected chi connectivity index (χ1v) is 6.89. The first-order valence-electron chi connectivity index (χ1n) is 6.89. The molecule has 2 aliphatic carbocycles. The van der Waals surface area contributed by atoms with Crippen molar-refractivity contribution in [3.63, 3.8) is 0 Å². The van der Waals surface area contributed by atoms with Crippen molar-refractivity contribution >= 4 is 16.7 Å². The largest absolute Gasteiger partial charge is 0.294 e. The monoisotopic (exact) mass is 249 g/mol. The van der Waals surface area contributed by atoms with Crippen LogP contribution in [0.15, 0.2) is 48.7 Å². The van der Waals surface area contributed by atoms with Crippen molar-refractivity contribution in [1.29, 1.82) is 0 Å². The van der Waals surface area contributed by atoms with Crippen LogP contribution in [0.4, 0.5) is 0 Å². The number of para-hydroxylation sites is 1. The van der Waals surface area contributed by atoms with E-state index in [4.69, 9.17) is 0 Å². The number of ketones is 1. The van der Waals surface area contributed by atoms with E-state index in [-0.39, 0.29) is 11.7 Å². The van der Waals surface area contributed by atoms with Gasteiger partial charge in [0.05, 0.1) is 5.52 Å². The first kappa shape index (κ1) is 10.9. The third-order valence-electron chi connectivity index (χ3n) is 4.51. The van der Waals surface area contributed by atoms with Gasteiger partial charge >= 0.3 is 0 Å². The van der Waals surface area contributed by atoms with Crippen molar-refractivity contribution in [2.24, 2.45) is 17.8 Å². The van der Waals surface area contributed by atoms with Gasteiger partial charge < -0.3 is 0 Å². The molecule has 19 heavy (non-hydrogen) atoms. The second-order valence-electron chi connectivity index (χ2n) is 5.63. The standard InChI is InChI=1S/C17H15NO/c19-17(15-10-11-6-7-13(15)9-11)14-5-1-3-12-4-2-8-18-16(12)14/h1-8,11,13,15H,9-10H2/t11-,13+,15+/m0/s1. The lowest BCUT2D eigenvalue weighted by molar-refractivity contribution is 0.0903. The van der Waals surface area contributed by atoms with Crippen LogP contribution in [0, 0.1) is 17.8 Å². The summed E-state index contributed by atoms with van der Waals surface area (Å²) in [4.78, 5) is 17.2. The minimum absolute atomic E-state index is 0.169. The summed E-state index contributed by atoms with van der Waals surface area (Å²) in [6, 6.07) is 9.82. The lowest BCUT2D eigenvalue weighted by Gasteiger charge is -2.17. The topological polar surface area (TPSA) is 30.0 Å². The summed E-state index contributed by atoms with van der Waals surface area (Å²) in [5, 5.41) is 1.05.